The number of aliphatic carboxylic acids is 1. The average molecular weight is 698 g/mol. The lowest BCUT2D eigenvalue weighted by Gasteiger charge is -2.18. The molecule has 0 aliphatic heterocycles. The number of carboxylic acids is 1. The summed E-state index contributed by atoms with van der Waals surface area (Å²) in [5, 5.41) is 11.1. The van der Waals surface area contributed by atoms with Crippen LogP contribution in [0.4, 0.5) is 0 Å². The van der Waals surface area contributed by atoms with E-state index < -0.39 is 5.97 Å². The highest BCUT2D eigenvalue weighted by molar-refractivity contribution is 5.80. The normalized spacial score (nSPS) is 12.7. The molecule has 0 heterocycles. The number of esters is 1. The molecule has 0 aliphatic rings. The Kier molecular flexibility index (Phi) is 36.7. The number of amides is 1. The second-order valence-corrected chi connectivity index (χ2v) is 13.5. The number of rotatable bonds is 36. The van der Waals surface area contributed by atoms with E-state index in [1.165, 1.54) is 44.9 Å². The van der Waals surface area contributed by atoms with E-state index in [-0.39, 0.29) is 24.5 Å². The Bertz CT molecular complexity index is 948. The summed E-state index contributed by atoms with van der Waals surface area (Å²) < 4.78 is 5.99. The van der Waals surface area contributed by atoms with E-state index in [0.29, 0.717) is 12.8 Å². The van der Waals surface area contributed by atoms with Crippen molar-refractivity contribution in [3.63, 3.8) is 0 Å². The van der Waals surface area contributed by atoms with Crippen molar-refractivity contribution in [2.24, 2.45) is 0 Å². The van der Waals surface area contributed by atoms with Crippen molar-refractivity contribution in [1.82, 2.24) is 5.32 Å². The van der Waals surface area contributed by atoms with Gasteiger partial charge in [-0.15, -0.1) is 0 Å². The number of hydrogen-bond acceptors (Lipinski definition) is 4. The van der Waals surface area contributed by atoms with E-state index in [2.05, 4.69) is 79.9 Å². The van der Waals surface area contributed by atoms with E-state index in [9.17, 15) is 14.4 Å². The van der Waals surface area contributed by atoms with Crippen LogP contribution in [0, 0.1) is 0 Å². The third-order valence-corrected chi connectivity index (χ3v) is 8.67. The average Bonchev–Trinajstić information content (AvgIpc) is 3.10. The molecule has 0 saturated carbocycles. The monoisotopic (exact) mass is 698 g/mol. The van der Waals surface area contributed by atoms with Crippen molar-refractivity contribution in [3.8, 4) is 0 Å². The minimum atomic E-state index is -1.02. The Morgan fingerprint density at radius 3 is 1.54 bits per heavy atom. The Hall–Kier alpha value is -2.89. The fourth-order valence-corrected chi connectivity index (χ4v) is 5.68. The van der Waals surface area contributed by atoms with Crippen LogP contribution in [0.3, 0.4) is 0 Å². The van der Waals surface area contributed by atoms with Gasteiger partial charge in [0.25, 0.3) is 0 Å². The van der Waals surface area contributed by atoms with Crippen LogP contribution in [0.2, 0.25) is 0 Å². The fourth-order valence-electron chi connectivity index (χ4n) is 5.68. The van der Waals surface area contributed by atoms with Gasteiger partial charge in [0.15, 0.2) is 0 Å². The van der Waals surface area contributed by atoms with Gasteiger partial charge in [-0.2, -0.15) is 0 Å². The van der Waals surface area contributed by atoms with Gasteiger partial charge in [-0.25, -0.2) is 0 Å². The van der Waals surface area contributed by atoms with Gasteiger partial charge >= 0.3 is 11.9 Å². The van der Waals surface area contributed by atoms with Gasteiger partial charge in [-0.05, 0) is 103 Å². The van der Waals surface area contributed by atoms with Crippen molar-refractivity contribution in [2.45, 2.75) is 193 Å². The summed E-state index contributed by atoms with van der Waals surface area (Å²) in [5.74, 6) is -1.28. The third kappa shape index (κ3) is 37.9. The number of nitrogens with one attached hydrogen (secondary N) is 1. The van der Waals surface area contributed by atoms with Gasteiger partial charge in [0.2, 0.25) is 5.91 Å². The fraction of sp³-hybridized carbons (Fsp3) is 0.705. The molecule has 50 heavy (non-hydrogen) atoms. The van der Waals surface area contributed by atoms with Crippen molar-refractivity contribution >= 4 is 17.8 Å². The molecule has 286 valence electrons. The van der Waals surface area contributed by atoms with E-state index in [1.54, 1.807) is 0 Å². The number of carbonyl (C=O) groups excluding carboxylic acids is 2. The number of allylic oxidation sites excluding steroid dienone is 10. The molecule has 0 aromatic carbocycles. The van der Waals surface area contributed by atoms with E-state index in [0.717, 1.165) is 116 Å². The molecule has 1 atom stereocenters. The number of carboxylic acid groups (broad SMARTS) is 1. The van der Waals surface area contributed by atoms with Crippen molar-refractivity contribution < 1.29 is 24.2 Å². The predicted octanol–water partition coefficient (Wildman–Crippen LogP) is 12.5. The molecule has 1 unspecified atom stereocenters. The van der Waals surface area contributed by atoms with E-state index in [4.69, 9.17) is 9.84 Å². The molecule has 0 aromatic rings. The predicted molar refractivity (Wildman–Crippen MR) is 212 cm³/mol. The lowest BCUT2D eigenvalue weighted by Crippen LogP contribution is -2.28. The van der Waals surface area contributed by atoms with Crippen LogP contribution in [0.1, 0.15) is 187 Å². The third-order valence-electron chi connectivity index (χ3n) is 8.67. The quantitative estimate of drug-likeness (QED) is 0.0386. The Morgan fingerprint density at radius 1 is 0.540 bits per heavy atom. The molecule has 0 fully saturated rings. The lowest BCUT2D eigenvalue weighted by molar-refractivity contribution is -0.150. The van der Waals surface area contributed by atoms with Gasteiger partial charge in [-0.3, -0.25) is 14.4 Å². The summed E-state index contributed by atoms with van der Waals surface area (Å²) in [4.78, 5) is 35.0. The first kappa shape index (κ1) is 47.1. The molecule has 0 aliphatic carbocycles. The van der Waals surface area contributed by atoms with Crippen molar-refractivity contribution in [1.29, 1.82) is 0 Å². The van der Waals surface area contributed by atoms with Gasteiger partial charge in [-0.1, -0.05) is 132 Å². The highest BCUT2D eigenvalue weighted by atomic mass is 16.5. The summed E-state index contributed by atoms with van der Waals surface area (Å²) in [6.45, 7) is 4.09. The molecule has 0 spiro atoms. The molecule has 2 N–H and O–H groups in total. The Morgan fingerprint density at radius 2 is 0.980 bits per heavy atom. The van der Waals surface area contributed by atoms with Crippen LogP contribution >= 0.6 is 0 Å². The van der Waals surface area contributed by atoms with Crippen LogP contribution in [0.25, 0.3) is 0 Å². The maximum Gasteiger partial charge on any atom is 0.322 e. The number of hydrogen-bond donors (Lipinski definition) is 2. The van der Waals surface area contributed by atoms with Gasteiger partial charge in [0.05, 0.1) is 0 Å². The minimum Gasteiger partial charge on any atom is -0.480 e. The number of unbranched alkanes of at least 4 members (excludes halogenated alkanes) is 15. The molecule has 0 rings (SSSR count). The Labute approximate surface area is 307 Å². The zero-order valence-corrected chi connectivity index (χ0v) is 32.2. The maximum absolute atomic E-state index is 12.7. The molecule has 0 radical (unpaired) electrons. The van der Waals surface area contributed by atoms with Crippen LogP contribution in [0.5, 0.6) is 0 Å². The molecule has 0 bridgehead atoms. The first-order chi connectivity index (χ1) is 24.5. The van der Waals surface area contributed by atoms with Crippen LogP contribution < -0.4 is 5.32 Å². The second-order valence-electron chi connectivity index (χ2n) is 13.5. The molecule has 6 nitrogen and oxygen atoms in total. The molecular weight excluding hydrogens is 622 g/mol. The lowest BCUT2D eigenvalue weighted by atomic mass is 10.0. The maximum atomic E-state index is 12.7. The largest absolute Gasteiger partial charge is 0.480 e. The van der Waals surface area contributed by atoms with Crippen LogP contribution in [-0.4, -0.2) is 35.6 Å². The second kappa shape index (κ2) is 38.9. The minimum absolute atomic E-state index is 0.0135. The van der Waals surface area contributed by atoms with E-state index in [1.807, 2.05) is 0 Å². The number of ether oxygens (including phenoxy) is 1. The van der Waals surface area contributed by atoms with Crippen molar-refractivity contribution in [2.75, 3.05) is 6.54 Å². The van der Waals surface area contributed by atoms with Gasteiger partial charge < -0.3 is 15.2 Å². The van der Waals surface area contributed by atoms with Crippen LogP contribution in [-0.2, 0) is 19.1 Å². The summed E-state index contributed by atoms with van der Waals surface area (Å²) in [6, 6.07) is 0. The summed E-state index contributed by atoms with van der Waals surface area (Å²) in [5.41, 5.74) is 0. The molecular formula is C44H75NO5. The number of carbonyl (C=O) groups is 3. The van der Waals surface area contributed by atoms with Gasteiger partial charge in [0, 0.05) is 12.8 Å². The highest BCUT2D eigenvalue weighted by Crippen LogP contribution is 2.18. The summed E-state index contributed by atoms with van der Waals surface area (Å²) in [7, 11) is 0. The summed E-state index contributed by atoms with van der Waals surface area (Å²) in [6.07, 6.45) is 50.5. The Balaban J connectivity index is 4.32. The molecule has 1 amide bonds. The van der Waals surface area contributed by atoms with E-state index >= 15 is 0 Å². The molecule has 0 saturated heterocycles. The van der Waals surface area contributed by atoms with Crippen molar-refractivity contribution in [3.05, 3.63) is 60.8 Å². The topological polar surface area (TPSA) is 92.7 Å². The zero-order chi connectivity index (χ0) is 36.6. The van der Waals surface area contributed by atoms with Crippen LogP contribution in [0.15, 0.2) is 60.8 Å². The standard InChI is InChI=1S/C44H75NO5/c1-3-5-7-9-11-13-15-17-18-20-21-23-25-28-32-36-41(37-33-29-27-30-34-38-42(46)45-40-43(47)48)50-44(49)39-35-31-26-24-22-19-16-14-12-10-8-6-4-2/h6,8,12,14-15,17,19-22,41H,3-5,7,9-11,13,16,18,23-40H2,1-2H3,(H,45,46)(H,47,48)/b8-6-,14-12-,17-15-,21-20-,22-19-. The summed E-state index contributed by atoms with van der Waals surface area (Å²) >= 11 is 0. The first-order valence-corrected chi connectivity index (χ1v) is 20.4. The molecule has 0 aromatic heterocycles. The first-order valence-electron chi connectivity index (χ1n) is 20.4. The SMILES string of the molecule is CC/C=C\C/C=C\C/C=C\CCCCCC(=O)OC(CCCCC/C=C\C/C=C\CCCCCCC)CCCCCCCC(=O)NCC(=O)O. The molecule has 6 heteroatoms. The zero-order valence-electron chi connectivity index (χ0n) is 32.2. The highest BCUT2D eigenvalue weighted by Gasteiger charge is 2.14. The smallest absolute Gasteiger partial charge is 0.322 e. The van der Waals surface area contributed by atoms with Gasteiger partial charge in [0.1, 0.15) is 12.6 Å².